The van der Waals surface area contributed by atoms with E-state index in [1.54, 1.807) is 29.8 Å². The normalized spacial score (nSPS) is 10.6. The first-order chi connectivity index (χ1) is 8.00. The summed E-state index contributed by atoms with van der Waals surface area (Å²) in [6.07, 6.45) is 1.39. The van der Waals surface area contributed by atoms with Crippen LogP contribution in [0.3, 0.4) is 0 Å². The number of hydrogen-bond donors (Lipinski definition) is 2. The molecule has 1 heterocycles. The monoisotopic (exact) mass is 232 g/mol. The van der Waals surface area contributed by atoms with E-state index >= 15 is 0 Å². The zero-order valence-electron chi connectivity index (χ0n) is 9.30. The fraction of sp³-hybridized carbons (Fsp3) is 0.167. The third-order valence-corrected chi connectivity index (χ3v) is 2.63. The Balaban J connectivity index is 2.85. The Hall–Kier alpha value is -2.30. The van der Waals surface area contributed by atoms with Gasteiger partial charge in [-0.1, -0.05) is 12.1 Å². The topological polar surface area (TPSA) is 85.3 Å². The molecule has 0 aliphatic carbocycles. The zero-order chi connectivity index (χ0) is 12.6. The number of pyridine rings is 1. The lowest BCUT2D eigenvalue weighted by Crippen LogP contribution is -2.16. The van der Waals surface area contributed by atoms with Crippen LogP contribution in [0.4, 0.5) is 0 Å². The summed E-state index contributed by atoms with van der Waals surface area (Å²) in [4.78, 5) is 22.7. The minimum Gasteiger partial charge on any atom is -0.503 e. The Morgan fingerprint density at radius 2 is 2.18 bits per heavy atom. The van der Waals surface area contributed by atoms with Gasteiger partial charge in [0.1, 0.15) is 0 Å². The van der Waals surface area contributed by atoms with Crippen molar-refractivity contribution in [3.05, 3.63) is 40.2 Å². The maximum absolute atomic E-state index is 11.7. The second-order valence-electron chi connectivity index (χ2n) is 3.91. The fourth-order valence-corrected chi connectivity index (χ4v) is 1.97. The first-order valence-corrected chi connectivity index (χ1v) is 5.09. The lowest BCUT2D eigenvalue weighted by molar-refractivity contribution is -0.117. The van der Waals surface area contributed by atoms with Crippen LogP contribution in [-0.2, 0) is 18.3 Å². The minimum atomic E-state index is -0.460. The van der Waals surface area contributed by atoms with Crippen molar-refractivity contribution in [2.45, 2.75) is 6.42 Å². The lowest BCUT2D eigenvalue weighted by Gasteiger charge is -2.10. The third-order valence-electron chi connectivity index (χ3n) is 2.63. The van der Waals surface area contributed by atoms with Crippen molar-refractivity contribution in [2.75, 3.05) is 0 Å². The molecule has 0 spiro atoms. The second kappa shape index (κ2) is 3.93. The Morgan fingerprint density at radius 1 is 1.47 bits per heavy atom. The molecule has 0 bridgehead atoms. The molecule has 0 fully saturated rings. The molecule has 0 aliphatic heterocycles. The molecule has 0 aliphatic rings. The molecule has 0 unspecified atom stereocenters. The van der Waals surface area contributed by atoms with E-state index in [-0.39, 0.29) is 12.2 Å². The van der Waals surface area contributed by atoms with Crippen LogP contribution in [-0.4, -0.2) is 15.6 Å². The minimum absolute atomic E-state index is 0.0649. The van der Waals surface area contributed by atoms with Crippen molar-refractivity contribution in [2.24, 2.45) is 12.8 Å². The number of rotatable bonds is 2. The summed E-state index contributed by atoms with van der Waals surface area (Å²) in [6, 6.07) is 5.02. The Bertz CT molecular complexity index is 659. The molecule has 1 aromatic heterocycles. The number of primary amides is 1. The highest BCUT2D eigenvalue weighted by atomic mass is 16.3. The van der Waals surface area contributed by atoms with Crippen LogP contribution in [0.5, 0.6) is 5.75 Å². The van der Waals surface area contributed by atoms with Gasteiger partial charge in [0.05, 0.1) is 18.1 Å². The molecular formula is C12H12N2O3. The van der Waals surface area contributed by atoms with E-state index in [1.165, 1.54) is 6.20 Å². The molecule has 17 heavy (non-hydrogen) atoms. The fourth-order valence-electron chi connectivity index (χ4n) is 1.97. The van der Waals surface area contributed by atoms with Gasteiger partial charge in [0.2, 0.25) is 11.3 Å². The number of aryl methyl sites for hydroxylation is 1. The van der Waals surface area contributed by atoms with Crippen LogP contribution in [0.2, 0.25) is 0 Å². The standard InChI is InChI=1S/C12H12N2O3/c1-14-6-9(15)12(17)8-4-2-3-7(11(8)14)5-10(13)16/h2-4,6,15H,5H2,1H3,(H2,13,16). The maximum Gasteiger partial charge on any atom is 0.230 e. The van der Waals surface area contributed by atoms with Crippen molar-refractivity contribution in [1.82, 2.24) is 4.57 Å². The number of hydrogen-bond acceptors (Lipinski definition) is 3. The van der Waals surface area contributed by atoms with Gasteiger partial charge >= 0.3 is 0 Å². The number of carbonyl (C=O) groups is 1. The van der Waals surface area contributed by atoms with Crippen molar-refractivity contribution in [1.29, 1.82) is 0 Å². The van der Waals surface area contributed by atoms with E-state index in [2.05, 4.69) is 0 Å². The summed E-state index contributed by atoms with van der Waals surface area (Å²) < 4.78 is 1.62. The van der Waals surface area contributed by atoms with Crippen LogP contribution in [0.15, 0.2) is 29.2 Å². The smallest absolute Gasteiger partial charge is 0.230 e. The SMILES string of the molecule is Cn1cc(O)c(=O)c2cccc(CC(N)=O)c21. The molecule has 0 saturated heterocycles. The quantitative estimate of drug-likeness (QED) is 0.779. The summed E-state index contributed by atoms with van der Waals surface area (Å²) in [7, 11) is 1.70. The highest BCUT2D eigenvalue weighted by Gasteiger charge is 2.11. The van der Waals surface area contributed by atoms with Gasteiger partial charge < -0.3 is 15.4 Å². The van der Waals surface area contributed by atoms with Crippen LogP contribution in [0, 0.1) is 0 Å². The lowest BCUT2D eigenvalue weighted by atomic mass is 10.1. The predicted molar refractivity (Wildman–Crippen MR) is 63.8 cm³/mol. The van der Waals surface area contributed by atoms with Gasteiger partial charge in [0.25, 0.3) is 0 Å². The molecule has 1 amide bonds. The third kappa shape index (κ3) is 1.87. The number of nitrogens with zero attached hydrogens (tertiary/aromatic N) is 1. The summed E-state index contributed by atoms with van der Waals surface area (Å²) in [5, 5.41) is 9.83. The van der Waals surface area contributed by atoms with Gasteiger partial charge in [0.15, 0.2) is 5.75 Å². The number of benzene rings is 1. The van der Waals surface area contributed by atoms with Gasteiger partial charge in [-0.05, 0) is 11.6 Å². The average Bonchev–Trinajstić information content (AvgIpc) is 2.25. The van der Waals surface area contributed by atoms with Gasteiger partial charge in [-0.25, -0.2) is 0 Å². The number of carbonyl (C=O) groups excluding carboxylic acids is 1. The summed E-state index contributed by atoms with van der Waals surface area (Å²) in [6.45, 7) is 0. The number of aromatic hydroxyl groups is 1. The highest BCUT2D eigenvalue weighted by molar-refractivity contribution is 5.88. The Labute approximate surface area is 97.1 Å². The molecule has 5 heteroatoms. The molecule has 1 aromatic carbocycles. The van der Waals surface area contributed by atoms with Gasteiger partial charge in [-0.2, -0.15) is 0 Å². The van der Waals surface area contributed by atoms with Crippen molar-refractivity contribution >= 4 is 16.8 Å². The Morgan fingerprint density at radius 3 is 2.82 bits per heavy atom. The molecule has 3 N–H and O–H groups in total. The maximum atomic E-state index is 11.7. The molecule has 5 nitrogen and oxygen atoms in total. The summed E-state index contributed by atoms with van der Waals surface area (Å²) in [5.74, 6) is -0.769. The molecule has 0 saturated carbocycles. The number of aromatic nitrogens is 1. The van der Waals surface area contributed by atoms with Crippen molar-refractivity contribution in [3.63, 3.8) is 0 Å². The number of nitrogens with two attached hydrogens (primary N) is 1. The van der Waals surface area contributed by atoms with Gasteiger partial charge in [-0.3, -0.25) is 9.59 Å². The van der Waals surface area contributed by atoms with Gasteiger partial charge in [0, 0.05) is 12.4 Å². The van der Waals surface area contributed by atoms with E-state index in [4.69, 9.17) is 5.73 Å². The Kier molecular flexibility index (Phi) is 2.59. The van der Waals surface area contributed by atoms with Crippen LogP contribution in [0.1, 0.15) is 5.56 Å². The van der Waals surface area contributed by atoms with E-state index in [9.17, 15) is 14.7 Å². The van der Waals surface area contributed by atoms with Crippen molar-refractivity contribution < 1.29 is 9.90 Å². The molecule has 2 aromatic rings. The molecule has 2 rings (SSSR count). The van der Waals surface area contributed by atoms with Crippen molar-refractivity contribution in [3.8, 4) is 5.75 Å². The summed E-state index contributed by atoms with van der Waals surface area (Å²) in [5.41, 5.74) is 6.01. The number of para-hydroxylation sites is 1. The molecule has 88 valence electrons. The van der Waals surface area contributed by atoms with Gasteiger partial charge in [-0.15, -0.1) is 0 Å². The van der Waals surface area contributed by atoms with Crippen LogP contribution < -0.4 is 11.2 Å². The van der Waals surface area contributed by atoms with E-state index in [0.29, 0.717) is 16.5 Å². The van der Waals surface area contributed by atoms with Crippen LogP contribution in [0.25, 0.3) is 10.9 Å². The van der Waals surface area contributed by atoms with E-state index < -0.39 is 11.3 Å². The van der Waals surface area contributed by atoms with E-state index in [0.717, 1.165) is 0 Å². The predicted octanol–water partition coefficient (Wildman–Crippen LogP) is 0.272. The zero-order valence-corrected chi connectivity index (χ0v) is 9.30. The van der Waals surface area contributed by atoms with Crippen LogP contribution >= 0.6 is 0 Å². The second-order valence-corrected chi connectivity index (χ2v) is 3.91. The number of fused-ring (bicyclic) bond motifs is 1. The molecular weight excluding hydrogens is 220 g/mol. The molecule has 0 atom stereocenters. The number of amides is 1. The molecule has 0 radical (unpaired) electrons. The highest BCUT2D eigenvalue weighted by Crippen LogP contribution is 2.18. The largest absolute Gasteiger partial charge is 0.503 e. The van der Waals surface area contributed by atoms with E-state index in [1.807, 2.05) is 0 Å². The first-order valence-electron chi connectivity index (χ1n) is 5.09. The summed E-state index contributed by atoms with van der Waals surface area (Å²) >= 11 is 0. The average molecular weight is 232 g/mol. The first kappa shape index (κ1) is 11.2.